The monoisotopic (exact) mass is 570 g/mol. The van der Waals surface area contributed by atoms with Gasteiger partial charge in [0.15, 0.2) is 0 Å². The third-order valence-corrected chi connectivity index (χ3v) is 6.10. The second-order valence-corrected chi connectivity index (χ2v) is 9.09. The molecule has 0 amide bonds. The highest BCUT2D eigenvalue weighted by Crippen LogP contribution is 2.26. The number of pyridine rings is 2. The van der Waals surface area contributed by atoms with Crippen LogP contribution >= 0.6 is 0 Å². The minimum Gasteiger partial charge on any atom is -0.488 e. The van der Waals surface area contributed by atoms with E-state index in [2.05, 4.69) is 15.3 Å². The molecule has 0 radical (unpaired) electrons. The number of nitrogens with zero attached hydrogens (tertiary/aromatic N) is 3. The van der Waals surface area contributed by atoms with Crippen LogP contribution in [0.1, 0.15) is 24.5 Å². The van der Waals surface area contributed by atoms with Gasteiger partial charge in [0.2, 0.25) is 0 Å². The summed E-state index contributed by atoms with van der Waals surface area (Å²) in [6, 6.07) is 15.1. The van der Waals surface area contributed by atoms with E-state index in [1.807, 2.05) is 6.07 Å². The first-order chi connectivity index (χ1) is 19.6. The largest absolute Gasteiger partial charge is 0.488 e. The van der Waals surface area contributed by atoms with Crippen LogP contribution in [0.2, 0.25) is 0 Å². The third kappa shape index (κ3) is 7.56. The van der Waals surface area contributed by atoms with Gasteiger partial charge in [0.05, 0.1) is 11.1 Å². The van der Waals surface area contributed by atoms with Gasteiger partial charge >= 0.3 is 6.18 Å². The molecule has 0 saturated carbocycles. The molecule has 0 aliphatic carbocycles. The highest BCUT2D eigenvalue weighted by Gasteiger charge is 2.26. The van der Waals surface area contributed by atoms with Crippen LogP contribution < -0.4 is 15.6 Å². The lowest BCUT2D eigenvalue weighted by molar-refractivity contribution is -0.123. The molecular weight excluding hydrogens is 543 g/mol. The Kier molecular flexibility index (Phi) is 9.16. The fraction of sp³-hybridized carbons (Fsp3) is 0.233. The second kappa shape index (κ2) is 12.8. The summed E-state index contributed by atoms with van der Waals surface area (Å²) in [7, 11) is 0. The molecular formula is C30H27F5N4O2. The highest BCUT2D eigenvalue weighted by molar-refractivity contribution is 5.86. The molecule has 2 aromatic heterocycles. The van der Waals surface area contributed by atoms with Crippen LogP contribution in [0.4, 0.5) is 22.0 Å². The van der Waals surface area contributed by atoms with Crippen molar-refractivity contribution in [2.45, 2.75) is 32.9 Å². The Morgan fingerprint density at radius 1 is 1.15 bits per heavy atom. The fourth-order valence-electron chi connectivity index (χ4n) is 4.17. The van der Waals surface area contributed by atoms with Gasteiger partial charge in [0, 0.05) is 35.2 Å². The van der Waals surface area contributed by atoms with Crippen molar-refractivity contribution in [1.82, 2.24) is 14.9 Å². The van der Waals surface area contributed by atoms with Gasteiger partial charge in [-0.1, -0.05) is 25.1 Å². The second-order valence-electron chi connectivity index (χ2n) is 9.09. The highest BCUT2D eigenvalue weighted by atomic mass is 19.4. The number of aliphatic imine (C=N–C) groups is 1. The van der Waals surface area contributed by atoms with E-state index in [9.17, 15) is 26.7 Å². The first kappa shape index (κ1) is 29.4. The molecule has 4 aromatic rings. The molecule has 6 nitrogen and oxygen atoms in total. The summed E-state index contributed by atoms with van der Waals surface area (Å²) >= 11 is 0. The molecule has 0 aliphatic heterocycles. The van der Waals surface area contributed by atoms with Gasteiger partial charge < -0.3 is 10.1 Å². The van der Waals surface area contributed by atoms with Gasteiger partial charge in [0.25, 0.3) is 12.0 Å². The maximum absolute atomic E-state index is 13.9. The van der Waals surface area contributed by atoms with Crippen molar-refractivity contribution in [1.29, 1.82) is 0 Å². The lowest BCUT2D eigenvalue weighted by Crippen LogP contribution is -2.27. The molecule has 41 heavy (non-hydrogen) atoms. The van der Waals surface area contributed by atoms with Crippen LogP contribution in [-0.2, 0) is 0 Å². The fourth-order valence-corrected chi connectivity index (χ4v) is 4.17. The zero-order valence-electron chi connectivity index (χ0n) is 22.3. The normalized spacial score (nSPS) is 12.4. The number of rotatable bonds is 10. The van der Waals surface area contributed by atoms with Crippen molar-refractivity contribution < 1.29 is 26.7 Å². The summed E-state index contributed by atoms with van der Waals surface area (Å²) in [5.41, 5.74) is 2.76. The van der Waals surface area contributed by atoms with E-state index >= 15 is 0 Å². The number of nitrogens with one attached hydrogen (secondary N) is 1. The molecule has 0 spiro atoms. The summed E-state index contributed by atoms with van der Waals surface area (Å²) in [5.74, 6) is 0.262. The molecule has 0 fully saturated rings. The van der Waals surface area contributed by atoms with Crippen LogP contribution in [0, 0.1) is 6.92 Å². The quantitative estimate of drug-likeness (QED) is 0.168. The predicted octanol–water partition coefficient (Wildman–Crippen LogP) is 6.83. The maximum atomic E-state index is 13.9. The lowest BCUT2D eigenvalue weighted by atomic mass is 9.98. The van der Waals surface area contributed by atoms with Crippen molar-refractivity contribution in [3.63, 3.8) is 0 Å². The van der Waals surface area contributed by atoms with Crippen LogP contribution in [0.5, 0.6) is 5.75 Å². The number of benzene rings is 2. The summed E-state index contributed by atoms with van der Waals surface area (Å²) < 4.78 is 70.0. The van der Waals surface area contributed by atoms with Crippen molar-refractivity contribution in [2.24, 2.45) is 4.99 Å². The number of fused-ring (bicyclic) bond motifs is 1. The van der Waals surface area contributed by atoms with Crippen LogP contribution in [0.15, 0.2) is 88.7 Å². The zero-order valence-corrected chi connectivity index (χ0v) is 22.3. The van der Waals surface area contributed by atoms with Gasteiger partial charge in [-0.2, -0.15) is 13.2 Å². The molecule has 0 aliphatic rings. The van der Waals surface area contributed by atoms with E-state index in [1.165, 1.54) is 29.0 Å². The molecule has 0 unspecified atom stereocenters. The van der Waals surface area contributed by atoms with E-state index in [1.54, 1.807) is 62.6 Å². The first-order valence-corrected chi connectivity index (χ1v) is 12.7. The molecule has 214 valence electrons. The summed E-state index contributed by atoms with van der Waals surface area (Å²) in [6.07, 6.45) is -0.424. The van der Waals surface area contributed by atoms with Gasteiger partial charge in [-0.3, -0.25) is 14.3 Å². The topological polar surface area (TPSA) is 68.5 Å². The molecule has 0 atom stereocenters. The van der Waals surface area contributed by atoms with E-state index in [0.29, 0.717) is 34.4 Å². The van der Waals surface area contributed by atoms with Crippen LogP contribution in [0.3, 0.4) is 0 Å². The van der Waals surface area contributed by atoms with E-state index in [0.717, 1.165) is 10.9 Å². The number of hydrogen-bond acceptors (Lipinski definition) is 5. The average molecular weight is 571 g/mol. The molecule has 0 bridgehead atoms. The molecule has 2 aromatic carbocycles. The van der Waals surface area contributed by atoms with Gasteiger partial charge in [-0.25, -0.2) is 13.8 Å². The first-order valence-electron chi connectivity index (χ1n) is 12.7. The van der Waals surface area contributed by atoms with Gasteiger partial charge in [-0.15, -0.1) is 0 Å². The van der Waals surface area contributed by atoms with Crippen molar-refractivity contribution in [3.8, 4) is 22.6 Å². The van der Waals surface area contributed by atoms with Gasteiger partial charge in [0.1, 0.15) is 24.7 Å². The molecule has 4 rings (SSSR count). The Bertz CT molecular complexity index is 1630. The Morgan fingerprint density at radius 2 is 1.90 bits per heavy atom. The van der Waals surface area contributed by atoms with E-state index < -0.39 is 25.8 Å². The minimum absolute atomic E-state index is 0.0424. The molecule has 1 N–H and O–H groups in total. The number of aromatic nitrogens is 2. The SMILES string of the molecule is CC/C=C(/N=C\c1cn(-c2ccc3ncccc3c2)c(=O)c(-c2ccc(OCC(F)F)cc2)c1C)NCC(F)(F)F. The third-order valence-electron chi connectivity index (χ3n) is 6.10. The Morgan fingerprint density at radius 3 is 2.59 bits per heavy atom. The van der Waals surface area contributed by atoms with Gasteiger partial charge in [-0.05, 0) is 66.9 Å². The van der Waals surface area contributed by atoms with Crippen molar-refractivity contribution >= 4 is 17.1 Å². The number of ether oxygens (including phenoxy) is 1. The van der Waals surface area contributed by atoms with E-state index in [4.69, 9.17) is 4.74 Å². The number of halogens is 5. The van der Waals surface area contributed by atoms with E-state index in [-0.39, 0.29) is 17.1 Å². The van der Waals surface area contributed by atoms with Crippen LogP contribution in [-0.4, -0.2) is 41.5 Å². The number of hydrogen-bond donors (Lipinski definition) is 1. The molecule has 0 saturated heterocycles. The Hall–Kier alpha value is -4.54. The standard InChI is InChI=1S/C30H27F5N4O2/c1-3-5-27(38-18-30(33,34)35)37-15-22-16-39(23-9-12-25-21(14-23)6-4-13-36-25)29(40)28(19(22)2)20-7-10-24(11-8-20)41-17-26(31)32/h4-16,26,38H,3,17-18H2,1-2H3/b27-5-,37-15-. The van der Waals surface area contributed by atoms with Crippen molar-refractivity contribution in [3.05, 3.63) is 100 Å². The number of alkyl halides is 5. The average Bonchev–Trinajstić information content (AvgIpc) is 2.94. The Labute approximate surface area is 232 Å². The smallest absolute Gasteiger partial charge is 0.405 e. The van der Waals surface area contributed by atoms with Crippen LogP contribution in [0.25, 0.3) is 27.7 Å². The minimum atomic E-state index is -4.42. The lowest BCUT2D eigenvalue weighted by Gasteiger charge is -2.15. The maximum Gasteiger partial charge on any atom is 0.405 e. The molecule has 11 heteroatoms. The predicted molar refractivity (Wildman–Crippen MR) is 149 cm³/mol. The summed E-state index contributed by atoms with van der Waals surface area (Å²) in [6.45, 7) is 1.48. The zero-order chi connectivity index (χ0) is 29.6. The molecule has 2 heterocycles. The number of allylic oxidation sites excluding steroid dienone is 1. The summed E-state index contributed by atoms with van der Waals surface area (Å²) in [5, 5.41) is 3.10. The van der Waals surface area contributed by atoms with Crippen molar-refractivity contribution in [2.75, 3.05) is 13.2 Å². The Balaban J connectivity index is 1.83. The summed E-state index contributed by atoms with van der Waals surface area (Å²) in [4.78, 5) is 22.4.